The van der Waals surface area contributed by atoms with Crippen molar-refractivity contribution in [2.75, 3.05) is 20.2 Å². The summed E-state index contributed by atoms with van der Waals surface area (Å²) in [5.74, 6) is 0.844. The first kappa shape index (κ1) is 19.3. The van der Waals surface area contributed by atoms with E-state index in [4.69, 9.17) is 16.3 Å². The van der Waals surface area contributed by atoms with Gasteiger partial charge in [0.15, 0.2) is 0 Å². The van der Waals surface area contributed by atoms with Gasteiger partial charge >= 0.3 is 0 Å². The molecule has 1 aliphatic rings. The maximum absolute atomic E-state index is 12.9. The Hall–Kier alpha value is -3.05. The van der Waals surface area contributed by atoms with Crippen molar-refractivity contribution in [3.8, 4) is 5.75 Å². The molecule has 0 radical (unpaired) electrons. The highest BCUT2D eigenvalue weighted by Gasteiger charge is 2.20. The lowest BCUT2D eigenvalue weighted by molar-refractivity contribution is 0.0773. The van der Waals surface area contributed by atoms with Gasteiger partial charge < -0.3 is 9.64 Å². The van der Waals surface area contributed by atoms with Crippen molar-refractivity contribution in [3.05, 3.63) is 88.7 Å². The number of methoxy groups -OCH3 is 1. The van der Waals surface area contributed by atoms with Gasteiger partial charge in [0.05, 0.1) is 25.4 Å². The Bertz CT molecular complexity index is 1040. The molecule has 0 unspecified atom stereocenters. The number of rotatable bonds is 5. The minimum absolute atomic E-state index is 0.000407. The Morgan fingerprint density at radius 1 is 1.17 bits per heavy atom. The summed E-state index contributed by atoms with van der Waals surface area (Å²) in [7, 11) is 1.66. The fourth-order valence-corrected chi connectivity index (χ4v) is 3.66. The summed E-state index contributed by atoms with van der Waals surface area (Å²) in [6.07, 6.45) is 6.36. The summed E-state index contributed by atoms with van der Waals surface area (Å²) in [5, 5.41) is 5.03. The second kappa shape index (κ2) is 8.53. The lowest BCUT2D eigenvalue weighted by Gasteiger charge is -2.26. The number of benzene rings is 2. The number of hydrogen-bond donors (Lipinski definition) is 0. The lowest BCUT2D eigenvalue weighted by Crippen LogP contribution is -2.34. The molecule has 0 saturated heterocycles. The minimum Gasteiger partial charge on any atom is -0.497 e. The Balaban J connectivity index is 1.41. The zero-order chi connectivity index (χ0) is 20.2. The number of carbonyl (C=O) groups excluding carboxylic acids is 1. The van der Waals surface area contributed by atoms with E-state index in [1.165, 1.54) is 11.1 Å². The largest absolute Gasteiger partial charge is 0.497 e. The van der Waals surface area contributed by atoms with E-state index < -0.39 is 0 Å². The van der Waals surface area contributed by atoms with Crippen LogP contribution >= 0.6 is 11.6 Å². The first-order valence-electron chi connectivity index (χ1n) is 9.52. The molecule has 1 aliphatic heterocycles. The van der Waals surface area contributed by atoms with E-state index in [1.54, 1.807) is 24.2 Å². The molecular formula is C23H22ClN3O2. The summed E-state index contributed by atoms with van der Waals surface area (Å²) >= 11 is 6.22. The molecule has 0 saturated carbocycles. The van der Waals surface area contributed by atoms with Crippen molar-refractivity contribution in [3.63, 3.8) is 0 Å². The van der Waals surface area contributed by atoms with E-state index in [9.17, 15) is 4.79 Å². The molecule has 2 aromatic carbocycles. The summed E-state index contributed by atoms with van der Waals surface area (Å²) in [6.45, 7) is 1.82. The average molecular weight is 408 g/mol. The van der Waals surface area contributed by atoms with Crippen LogP contribution in [-0.4, -0.2) is 40.8 Å². The lowest BCUT2D eigenvalue weighted by atomic mass is 9.99. The van der Waals surface area contributed by atoms with Crippen molar-refractivity contribution in [1.82, 2.24) is 14.7 Å². The van der Waals surface area contributed by atoms with Gasteiger partial charge in [-0.05, 0) is 41.3 Å². The Morgan fingerprint density at radius 3 is 2.66 bits per heavy atom. The number of halogens is 1. The maximum atomic E-state index is 12.9. The van der Waals surface area contributed by atoms with Crippen molar-refractivity contribution in [2.24, 2.45) is 0 Å². The minimum atomic E-state index is 0.000407. The third-order valence-electron chi connectivity index (χ3n) is 5.13. The summed E-state index contributed by atoms with van der Waals surface area (Å²) in [4.78, 5) is 14.7. The fraction of sp³-hybridized carbons (Fsp3) is 0.217. The van der Waals surface area contributed by atoms with Crippen LogP contribution in [0.15, 0.2) is 67.0 Å². The molecule has 5 nitrogen and oxygen atoms in total. The number of carbonyl (C=O) groups is 1. The second-order valence-corrected chi connectivity index (χ2v) is 7.38. The van der Waals surface area contributed by atoms with Crippen LogP contribution in [0.5, 0.6) is 5.75 Å². The Kier molecular flexibility index (Phi) is 5.67. The number of ether oxygens (including phenoxy) is 1. The van der Waals surface area contributed by atoms with Gasteiger partial charge in [-0.15, -0.1) is 0 Å². The molecular weight excluding hydrogens is 386 g/mol. The van der Waals surface area contributed by atoms with Crippen LogP contribution in [0.3, 0.4) is 0 Å². The van der Waals surface area contributed by atoms with Crippen LogP contribution in [0.25, 0.3) is 5.57 Å². The van der Waals surface area contributed by atoms with Crippen LogP contribution < -0.4 is 4.74 Å². The van der Waals surface area contributed by atoms with E-state index in [1.807, 2.05) is 41.3 Å². The predicted molar refractivity (Wildman–Crippen MR) is 114 cm³/mol. The molecule has 29 heavy (non-hydrogen) atoms. The normalized spacial score (nSPS) is 13.9. The third-order valence-corrected chi connectivity index (χ3v) is 5.50. The highest BCUT2D eigenvalue weighted by atomic mass is 35.5. The highest BCUT2D eigenvalue weighted by Crippen LogP contribution is 2.25. The molecule has 1 aromatic heterocycles. The number of hydrogen-bond acceptors (Lipinski definition) is 3. The Morgan fingerprint density at radius 2 is 1.97 bits per heavy atom. The molecule has 3 aromatic rings. The first-order chi connectivity index (χ1) is 14.1. The number of amides is 1. The van der Waals surface area contributed by atoms with E-state index >= 15 is 0 Å². The monoisotopic (exact) mass is 407 g/mol. The fourth-order valence-electron chi connectivity index (χ4n) is 3.47. The summed E-state index contributed by atoms with van der Waals surface area (Å²) in [6, 6.07) is 15.7. The number of aromatic nitrogens is 2. The molecule has 0 spiro atoms. The van der Waals surface area contributed by atoms with Crippen molar-refractivity contribution in [2.45, 2.75) is 13.0 Å². The average Bonchev–Trinajstić information content (AvgIpc) is 3.24. The van der Waals surface area contributed by atoms with Crippen LogP contribution in [-0.2, 0) is 6.54 Å². The van der Waals surface area contributed by atoms with Crippen LogP contribution in [0.2, 0.25) is 5.02 Å². The van der Waals surface area contributed by atoms with Gasteiger partial charge in [-0.3, -0.25) is 9.48 Å². The quantitative estimate of drug-likeness (QED) is 0.624. The van der Waals surface area contributed by atoms with Gasteiger partial charge in [-0.1, -0.05) is 48.0 Å². The predicted octanol–water partition coefficient (Wildman–Crippen LogP) is 4.52. The molecule has 6 heteroatoms. The molecule has 1 amide bonds. The topological polar surface area (TPSA) is 47.4 Å². The molecule has 0 aliphatic carbocycles. The molecule has 0 bridgehead atoms. The van der Waals surface area contributed by atoms with E-state index in [0.29, 0.717) is 30.2 Å². The van der Waals surface area contributed by atoms with Gasteiger partial charge in [-0.25, -0.2) is 0 Å². The van der Waals surface area contributed by atoms with Crippen LogP contribution in [0.4, 0.5) is 0 Å². The van der Waals surface area contributed by atoms with Crippen molar-refractivity contribution >= 4 is 23.1 Å². The van der Waals surface area contributed by atoms with Gasteiger partial charge in [-0.2, -0.15) is 5.10 Å². The molecule has 0 fully saturated rings. The van der Waals surface area contributed by atoms with Gasteiger partial charge in [0.25, 0.3) is 5.91 Å². The van der Waals surface area contributed by atoms with Crippen molar-refractivity contribution in [1.29, 1.82) is 0 Å². The van der Waals surface area contributed by atoms with Gasteiger partial charge in [0, 0.05) is 24.3 Å². The molecule has 0 atom stereocenters. The van der Waals surface area contributed by atoms with Crippen molar-refractivity contribution < 1.29 is 9.53 Å². The summed E-state index contributed by atoms with van der Waals surface area (Å²) in [5.41, 5.74) is 4.00. The standard InChI is InChI=1S/C23H22ClN3O2/c1-29-21-8-6-17(7-9-21)18-10-12-26(13-11-18)23(28)20-14-25-27(16-20)15-19-4-2-3-5-22(19)24/h2-10,14,16H,11-13,15H2,1H3. The first-order valence-corrected chi connectivity index (χ1v) is 9.90. The summed E-state index contributed by atoms with van der Waals surface area (Å²) < 4.78 is 6.96. The van der Waals surface area contributed by atoms with Gasteiger partial charge in [0.1, 0.15) is 5.75 Å². The molecule has 148 valence electrons. The Labute approximate surface area is 175 Å². The van der Waals surface area contributed by atoms with Gasteiger partial charge in [0.2, 0.25) is 0 Å². The van der Waals surface area contributed by atoms with E-state index in [2.05, 4.69) is 23.3 Å². The second-order valence-electron chi connectivity index (χ2n) is 6.98. The SMILES string of the molecule is COc1ccc(C2=CCN(C(=O)c3cnn(Cc4ccccc4Cl)c3)CC2)cc1. The zero-order valence-corrected chi connectivity index (χ0v) is 17.0. The van der Waals surface area contributed by atoms with Crippen LogP contribution in [0, 0.1) is 0 Å². The third kappa shape index (κ3) is 4.35. The zero-order valence-electron chi connectivity index (χ0n) is 16.2. The number of nitrogens with zero attached hydrogens (tertiary/aromatic N) is 3. The highest BCUT2D eigenvalue weighted by molar-refractivity contribution is 6.31. The van der Waals surface area contributed by atoms with Crippen LogP contribution in [0.1, 0.15) is 27.9 Å². The molecule has 2 heterocycles. The van der Waals surface area contributed by atoms with E-state index in [-0.39, 0.29) is 5.91 Å². The smallest absolute Gasteiger partial charge is 0.257 e. The molecule has 4 rings (SSSR count). The molecule has 0 N–H and O–H groups in total. The van der Waals surface area contributed by atoms with E-state index in [0.717, 1.165) is 17.7 Å². The maximum Gasteiger partial charge on any atom is 0.257 e.